The Bertz CT molecular complexity index is 833. The van der Waals surface area contributed by atoms with Gasteiger partial charge in [0.25, 0.3) is 5.91 Å². The van der Waals surface area contributed by atoms with Gasteiger partial charge >= 0.3 is 0 Å². The lowest BCUT2D eigenvalue weighted by Crippen LogP contribution is -2.54. The average Bonchev–Trinajstić information content (AvgIpc) is 2.73. The van der Waals surface area contributed by atoms with Crippen molar-refractivity contribution in [1.29, 1.82) is 0 Å². The fraction of sp³-hybridized carbons (Fsp3) is 0.500. The molecule has 1 aromatic heterocycles. The Hall–Kier alpha value is -2.71. The minimum Gasteiger partial charge on any atom is -0.492 e. The molecule has 0 bridgehead atoms. The van der Waals surface area contributed by atoms with Gasteiger partial charge in [-0.25, -0.2) is 4.98 Å². The number of hydrogen-bond acceptors (Lipinski definition) is 7. The summed E-state index contributed by atoms with van der Waals surface area (Å²) in [6.07, 6.45) is 6.43. The number of carbonyl (C=O) groups is 1. The molecule has 2 aromatic rings. The van der Waals surface area contributed by atoms with E-state index in [1.807, 2.05) is 36.0 Å². The Morgan fingerprint density at radius 2 is 2.13 bits per heavy atom. The topological polar surface area (TPSA) is 82.0 Å². The number of amides is 1. The third-order valence-electron chi connectivity index (χ3n) is 5.20. The number of piperidine rings is 1. The second kappa shape index (κ2) is 9.86. The Labute approximate surface area is 178 Å². The number of ether oxygens (including phenoxy) is 1. The molecule has 0 radical (unpaired) electrons. The number of nitrogens with zero attached hydrogens (tertiary/aromatic N) is 5. The van der Waals surface area contributed by atoms with Crippen LogP contribution in [0.15, 0.2) is 42.9 Å². The third-order valence-corrected chi connectivity index (χ3v) is 5.20. The molecule has 1 aliphatic heterocycles. The summed E-state index contributed by atoms with van der Waals surface area (Å²) in [6, 6.07) is 7.19. The van der Waals surface area contributed by atoms with Crippen LogP contribution in [0, 0.1) is 0 Å². The van der Waals surface area contributed by atoms with Crippen LogP contribution in [-0.4, -0.2) is 90.3 Å². The molecule has 0 unspecified atom stereocenters. The highest BCUT2D eigenvalue weighted by Gasteiger charge is 2.36. The van der Waals surface area contributed by atoms with Crippen LogP contribution in [0.1, 0.15) is 23.2 Å². The van der Waals surface area contributed by atoms with Gasteiger partial charge in [0.05, 0.1) is 18.3 Å². The molecule has 1 N–H and O–H groups in total. The van der Waals surface area contributed by atoms with Gasteiger partial charge in [0.2, 0.25) is 0 Å². The number of aromatic nitrogens is 2. The van der Waals surface area contributed by atoms with E-state index >= 15 is 0 Å². The van der Waals surface area contributed by atoms with Gasteiger partial charge in [0.15, 0.2) is 0 Å². The fourth-order valence-electron chi connectivity index (χ4n) is 3.69. The third kappa shape index (κ3) is 5.90. The zero-order valence-electron chi connectivity index (χ0n) is 18.0. The monoisotopic (exact) mass is 413 g/mol. The maximum Gasteiger partial charge on any atom is 0.253 e. The molecule has 1 aromatic carbocycles. The van der Waals surface area contributed by atoms with E-state index in [2.05, 4.69) is 9.97 Å². The molecule has 3 rings (SSSR count). The van der Waals surface area contributed by atoms with Crippen molar-refractivity contribution in [3.63, 3.8) is 0 Å². The first-order valence-electron chi connectivity index (χ1n) is 10.2. The molecule has 8 heteroatoms. The normalized spacial score (nSPS) is 19.0. The van der Waals surface area contributed by atoms with Gasteiger partial charge in [-0.1, -0.05) is 6.07 Å². The van der Waals surface area contributed by atoms with Crippen LogP contribution < -0.4 is 9.64 Å². The Morgan fingerprint density at radius 3 is 2.87 bits per heavy atom. The van der Waals surface area contributed by atoms with Crippen molar-refractivity contribution < 1.29 is 14.6 Å². The van der Waals surface area contributed by atoms with Gasteiger partial charge in [-0.2, -0.15) is 0 Å². The molecule has 1 fully saturated rings. The van der Waals surface area contributed by atoms with Gasteiger partial charge in [-0.3, -0.25) is 9.78 Å². The molecule has 162 valence electrons. The van der Waals surface area contributed by atoms with Crippen molar-refractivity contribution in [2.45, 2.75) is 18.4 Å². The lowest BCUT2D eigenvalue weighted by Gasteiger charge is -2.41. The zero-order chi connectivity index (χ0) is 21.6. The smallest absolute Gasteiger partial charge is 0.253 e. The van der Waals surface area contributed by atoms with Crippen LogP contribution in [0.4, 0.5) is 5.82 Å². The van der Waals surface area contributed by atoms with Crippen LogP contribution >= 0.6 is 0 Å². The van der Waals surface area contributed by atoms with Crippen molar-refractivity contribution in [2.75, 3.05) is 58.8 Å². The highest BCUT2D eigenvalue weighted by Crippen LogP contribution is 2.26. The predicted octanol–water partition coefficient (Wildman–Crippen LogP) is 1.52. The maximum absolute atomic E-state index is 13.0. The number of likely N-dealkylation sites (N-methyl/N-ethyl adjacent to an activating group) is 2. The summed E-state index contributed by atoms with van der Waals surface area (Å²) >= 11 is 0. The van der Waals surface area contributed by atoms with Crippen LogP contribution in [0.2, 0.25) is 0 Å². The Kier molecular flexibility index (Phi) is 7.23. The molecule has 0 spiro atoms. The number of anilines is 1. The second-order valence-corrected chi connectivity index (χ2v) is 8.15. The van der Waals surface area contributed by atoms with Gasteiger partial charge in [0, 0.05) is 44.6 Å². The molecular weight excluding hydrogens is 382 g/mol. The van der Waals surface area contributed by atoms with Crippen molar-refractivity contribution in [3.05, 3.63) is 48.4 Å². The number of hydrogen-bond donors (Lipinski definition) is 1. The van der Waals surface area contributed by atoms with Crippen LogP contribution in [0.5, 0.6) is 5.75 Å². The molecule has 0 saturated carbocycles. The number of aliphatic hydroxyl groups is 1. The second-order valence-electron chi connectivity index (χ2n) is 8.15. The summed E-state index contributed by atoms with van der Waals surface area (Å²) < 4.78 is 5.74. The minimum atomic E-state index is -1.000. The highest BCUT2D eigenvalue weighted by atomic mass is 16.5. The van der Waals surface area contributed by atoms with Crippen molar-refractivity contribution in [3.8, 4) is 5.75 Å². The van der Waals surface area contributed by atoms with Gasteiger partial charge in [-0.15, -0.1) is 0 Å². The van der Waals surface area contributed by atoms with Crippen molar-refractivity contribution in [1.82, 2.24) is 19.8 Å². The number of β-amino-alcohol motifs (C(OH)–C–C–N with tert-alkyl or cyclic N) is 1. The molecule has 1 aliphatic rings. The standard InChI is InChI=1S/C22H31N5O3/c1-25(2)12-13-30-19-7-4-6-18(14-19)21(28)26(3)16-22(29)8-5-11-27(17-22)20-15-23-9-10-24-20/h4,6-7,9-10,14-15,29H,5,8,11-13,16-17H2,1-3H3/t22-/m0/s1. The quantitative estimate of drug-likeness (QED) is 0.703. The largest absolute Gasteiger partial charge is 0.492 e. The SMILES string of the molecule is CN(C)CCOc1cccc(C(=O)N(C)C[C@@]2(O)CCCN(c3cnccn3)C2)c1. The molecule has 1 atom stereocenters. The van der Waals surface area contributed by atoms with E-state index in [9.17, 15) is 9.90 Å². The van der Waals surface area contributed by atoms with Crippen molar-refractivity contribution in [2.24, 2.45) is 0 Å². The van der Waals surface area contributed by atoms with E-state index in [1.54, 1.807) is 42.7 Å². The molecule has 8 nitrogen and oxygen atoms in total. The molecular formula is C22H31N5O3. The van der Waals surface area contributed by atoms with E-state index in [1.165, 1.54) is 0 Å². The lowest BCUT2D eigenvalue weighted by atomic mass is 9.92. The lowest BCUT2D eigenvalue weighted by molar-refractivity contribution is -0.000150. The van der Waals surface area contributed by atoms with E-state index < -0.39 is 5.60 Å². The van der Waals surface area contributed by atoms with Gasteiger partial charge in [-0.05, 0) is 45.1 Å². The van der Waals surface area contributed by atoms with Gasteiger partial charge < -0.3 is 24.5 Å². The van der Waals surface area contributed by atoms with Crippen LogP contribution in [0.3, 0.4) is 0 Å². The Morgan fingerprint density at radius 1 is 1.30 bits per heavy atom. The van der Waals surface area contributed by atoms with E-state index in [-0.39, 0.29) is 12.5 Å². The maximum atomic E-state index is 13.0. The first-order chi connectivity index (χ1) is 14.4. The summed E-state index contributed by atoms with van der Waals surface area (Å²) in [5.41, 5.74) is -0.454. The fourth-order valence-corrected chi connectivity index (χ4v) is 3.69. The first-order valence-corrected chi connectivity index (χ1v) is 10.2. The van der Waals surface area contributed by atoms with E-state index in [0.29, 0.717) is 30.9 Å². The summed E-state index contributed by atoms with van der Waals surface area (Å²) in [5.74, 6) is 1.27. The van der Waals surface area contributed by atoms with Gasteiger partial charge in [0.1, 0.15) is 18.2 Å². The molecule has 0 aliphatic carbocycles. The zero-order valence-corrected chi connectivity index (χ0v) is 18.0. The Balaban J connectivity index is 1.62. The number of rotatable bonds is 8. The summed E-state index contributed by atoms with van der Waals surface area (Å²) in [6.45, 7) is 2.82. The predicted molar refractivity (Wildman–Crippen MR) is 116 cm³/mol. The first kappa shape index (κ1) is 22.0. The van der Waals surface area contributed by atoms with Crippen molar-refractivity contribution >= 4 is 11.7 Å². The minimum absolute atomic E-state index is 0.141. The number of carbonyl (C=O) groups excluding carboxylic acids is 1. The molecule has 30 heavy (non-hydrogen) atoms. The number of benzene rings is 1. The highest BCUT2D eigenvalue weighted by molar-refractivity contribution is 5.94. The van der Waals surface area contributed by atoms with Crippen LogP contribution in [0.25, 0.3) is 0 Å². The van der Waals surface area contributed by atoms with Crippen LogP contribution in [-0.2, 0) is 0 Å². The molecule has 1 saturated heterocycles. The summed E-state index contributed by atoms with van der Waals surface area (Å²) in [5, 5.41) is 11.2. The van der Waals surface area contributed by atoms with E-state index in [4.69, 9.17) is 4.74 Å². The average molecular weight is 414 g/mol. The van der Waals surface area contributed by atoms with E-state index in [0.717, 1.165) is 25.3 Å². The summed E-state index contributed by atoms with van der Waals surface area (Å²) in [4.78, 5) is 27.0. The molecule has 1 amide bonds. The molecule has 2 heterocycles. The summed E-state index contributed by atoms with van der Waals surface area (Å²) in [7, 11) is 5.70.